The third-order valence-electron chi connectivity index (χ3n) is 3.36. The number of nitrogens with two attached hydrogens (primary N) is 1. The first-order valence-corrected chi connectivity index (χ1v) is 5.28. The van der Waals surface area contributed by atoms with Crippen LogP contribution in [-0.4, -0.2) is 24.3 Å². The number of rotatable bonds is 2. The lowest BCUT2D eigenvalue weighted by molar-refractivity contribution is 0.00578. The lowest BCUT2D eigenvalue weighted by Crippen LogP contribution is -2.45. The molecule has 1 aliphatic rings. The fourth-order valence-electron chi connectivity index (χ4n) is 1.36. The van der Waals surface area contributed by atoms with Gasteiger partial charge in [-0.2, -0.15) is 0 Å². The molecule has 1 saturated heterocycles. The lowest BCUT2D eigenvalue weighted by Gasteiger charge is -2.32. The number of hydrogen-bond acceptors (Lipinski definition) is 3. The van der Waals surface area contributed by atoms with Crippen molar-refractivity contribution in [2.45, 2.75) is 58.7 Å². The van der Waals surface area contributed by atoms with Crippen molar-refractivity contribution >= 4 is 19.5 Å². The highest BCUT2D eigenvalue weighted by Gasteiger charge is 2.53. The molecular formula is C10H23BClNO2. The first kappa shape index (κ1) is 15.2. The maximum Gasteiger partial charge on any atom is 0.476 e. The van der Waals surface area contributed by atoms with Crippen LogP contribution in [0.5, 0.6) is 0 Å². The summed E-state index contributed by atoms with van der Waals surface area (Å²) in [5, 5.41) is 0. The average Bonchev–Trinajstić information content (AvgIpc) is 2.20. The third-order valence-corrected chi connectivity index (χ3v) is 3.36. The molecule has 0 aromatic rings. The van der Waals surface area contributed by atoms with Crippen LogP contribution >= 0.6 is 12.4 Å². The maximum atomic E-state index is 6.01. The van der Waals surface area contributed by atoms with Gasteiger partial charge in [-0.1, -0.05) is 13.8 Å². The molecule has 0 aromatic carbocycles. The molecule has 1 heterocycles. The topological polar surface area (TPSA) is 44.5 Å². The maximum absolute atomic E-state index is 6.01. The second-order valence-electron chi connectivity index (χ2n) is 5.45. The summed E-state index contributed by atoms with van der Waals surface area (Å²) in [7, 11) is -0.278. The zero-order valence-corrected chi connectivity index (χ0v) is 11.4. The van der Waals surface area contributed by atoms with Crippen molar-refractivity contribution in [1.29, 1.82) is 0 Å². The van der Waals surface area contributed by atoms with E-state index in [4.69, 9.17) is 15.0 Å². The Morgan fingerprint density at radius 3 is 1.60 bits per heavy atom. The van der Waals surface area contributed by atoms with Crippen molar-refractivity contribution in [3.63, 3.8) is 0 Å². The van der Waals surface area contributed by atoms with E-state index < -0.39 is 0 Å². The highest BCUT2D eigenvalue weighted by molar-refractivity contribution is 6.47. The van der Waals surface area contributed by atoms with Crippen LogP contribution in [0.2, 0.25) is 0 Å². The van der Waals surface area contributed by atoms with Crippen LogP contribution in [0.4, 0.5) is 0 Å². The van der Waals surface area contributed by atoms with Crippen LogP contribution in [-0.2, 0) is 9.31 Å². The molecule has 15 heavy (non-hydrogen) atoms. The summed E-state index contributed by atoms with van der Waals surface area (Å²) in [6.07, 6.45) is 0. The summed E-state index contributed by atoms with van der Waals surface area (Å²) in [6, 6.07) is 0. The van der Waals surface area contributed by atoms with Crippen LogP contribution in [0.1, 0.15) is 41.5 Å². The van der Waals surface area contributed by atoms with E-state index >= 15 is 0 Å². The van der Waals surface area contributed by atoms with Gasteiger partial charge in [0, 0.05) is 5.94 Å². The van der Waals surface area contributed by atoms with Gasteiger partial charge in [0.05, 0.1) is 11.2 Å². The quantitative estimate of drug-likeness (QED) is 0.745. The molecule has 0 bridgehead atoms. The Hall–Kier alpha value is 0.235. The van der Waals surface area contributed by atoms with Gasteiger partial charge in [0.15, 0.2) is 0 Å². The molecule has 0 spiro atoms. The van der Waals surface area contributed by atoms with E-state index in [1.54, 1.807) is 0 Å². The van der Waals surface area contributed by atoms with Gasteiger partial charge >= 0.3 is 7.12 Å². The molecule has 1 aliphatic heterocycles. The predicted octanol–water partition coefficient (Wildman–Crippen LogP) is 2.02. The second kappa shape index (κ2) is 4.62. The van der Waals surface area contributed by atoms with Gasteiger partial charge in [0.25, 0.3) is 0 Å². The number of hydrogen-bond donors (Lipinski definition) is 1. The Balaban J connectivity index is 0.00000196. The van der Waals surface area contributed by atoms with Crippen molar-refractivity contribution in [1.82, 2.24) is 0 Å². The zero-order chi connectivity index (χ0) is 11.1. The van der Waals surface area contributed by atoms with Gasteiger partial charge in [-0.05, 0) is 33.6 Å². The Morgan fingerprint density at radius 1 is 1.00 bits per heavy atom. The minimum absolute atomic E-state index is 0. The van der Waals surface area contributed by atoms with E-state index in [0.717, 1.165) is 0 Å². The van der Waals surface area contributed by atoms with Crippen molar-refractivity contribution < 1.29 is 9.31 Å². The van der Waals surface area contributed by atoms with Gasteiger partial charge in [-0.15, -0.1) is 12.4 Å². The van der Waals surface area contributed by atoms with E-state index in [9.17, 15) is 0 Å². The summed E-state index contributed by atoms with van der Waals surface area (Å²) >= 11 is 0. The molecule has 3 nitrogen and oxygen atoms in total. The van der Waals surface area contributed by atoms with Crippen LogP contribution in [0.25, 0.3) is 0 Å². The van der Waals surface area contributed by atoms with Crippen molar-refractivity contribution in [2.24, 2.45) is 11.7 Å². The molecule has 1 rings (SSSR count). The molecule has 90 valence electrons. The van der Waals surface area contributed by atoms with Crippen LogP contribution in [0.15, 0.2) is 0 Å². The Bertz CT molecular complexity index is 205. The minimum Gasteiger partial charge on any atom is -0.402 e. The highest BCUT2D eigenvalue weighted by Crippen LogP contribution is 2.37. The molecule has 0 radical (unpaired) electrons. The smallest absolute Gasteiger partial charge is 0.402 e. The van der Waals surface area contributed by atoms with E-state index in [1.807, 2.05) is 27.7 Å². The molecule has 1 fully saturated rings. The summed E-state index contributed by atoms with van der Waals surface area (Å²) in [6.45, 7) is 12.3. The Morgan fingerprint density at radius 2 is 1.33 bits per heavy atom. The van der Waals surface area contributed by atoms with Crippen molar-refractivity contribution in [3.8, 4) is 0 Å². The first-order chi connectivity index (χ1) is 6.17. The van der Waals surface area contributed by atoms with E-state index in [1.165, 1.54) is 0 Å². The normalized spacial score (nSPS) is 25.2. The summed E-state index contributed by atoms with van der Waals surface area (Å²) in [4.78, 5) is 0. The molecule has 0 aromatic heterocycles. The second-order valence-corrected chi connectivity index (χ2v) is 5.45. The molecule has 0 aliphatic carbocycles. The summed E-state index contributed by atoms with van der Waals surface area (Å²) < 4.78 is 11.7. The molecular weight excluding hydrogens is 212 g/mol. The molecule has 5 heteroatoms. The Kier molecular flexibility index (Phi) is 4.69. The standard InChI is InChI=1S/C10H22BNO2.ClH/c1-7(2)8(12)11-13-9(3,4)10(5,6)14-11;/h7-8H,12H2,1-6H3;1H. The van der Waals surface area contributed by atoms with Crippen molar-refractivity contribution in [2.75, 3.05) is 0 Å². The summed E-state index contributed by atoms with van der Waals surface area (Å²) in [5.41, 5.74) is 5.47. The zero-order valence-electron chi connectivity index (χ0n) is 10.5. The van der Waals surface area contributed by atoms with Crippen molar-refractivity contribution in [3.05, 3.63) is 0 Å². The third kappa shape index (κ3) is 2.87. The van der Waals surface area contributed by atoms with Gasteiger partial charge in [-0.25, -0.2) is 0 Å². The van der Waals surface area contributed by atoms with Gasteiger partial charge in [0.2, 0.25) is 0 Å². The first-order valence-electron chi connectivity index (χ1n) is 5.28. The fraction of sp³-hybridized carbons (Fsp3) is 1.00. The lowest BCUT2D eigenvalue weighted by atomic mass is 9.73. The van der Waals surface area contributed by atoms with Crippen LogP contribution in [0, 0.1) is 5.92 Å². The Labute approximate surface area is 99.6 Å². The molecule has 0 saturated carbocycles. The SMILES string of the molecule is CC(C)C(N)B1OC(C)(C)C(C)(C)O1.Cl. The fourth-order valence-corrected chi connectivity index (χ4v) is 1.36. The van der Waals surface area contributed by atoms with Crippen LogP contribution in [0.3, 0.4) is 0 Å². The molecule has 1 unspecified atom stereocenters. The molecule has 1 atom stereocenters. The van der Waals surface area contributed by atoms with Crippen LogP contribution < -0.4 is 5.73 Å². The van der Waals surface area contributed by atoms with Gasteiger partial charge < -0.3 is 15.0 Å². The van der Waals surface area contributed by atoms with E-state index in [0.29, 0.717) is 5.92 Å². The molecule has 2 N–H and O–H groups in total. The van der Waals surface area contributed by atoms with E-state index in [2.05, 4.69) is 13.8 Å². The highest BCUT2D eigenvalue weighted by atomic mass is 35.5. The summed E-state index contributed by atoms with van der Waals surface area (Å²) in [5.74, 6) is 0.306. The number of halogens is 1. The van der Waals surface area contributed by atoms with E-state index in [-0.39, 0.29) is 36.7 Å². The predicted molar refractivity (Wildman–Crippen MR) is 66.1 cm³/mol. The largest absolute Gasteiger partial charge is 0.476 e. The monoisotopic (exact) mass is 235 g/mol. The van der Waals surface area contributed by atoms with Gasteiger partial charge in [0.1, 0.15) is 0 Å². The minimum atomic E-state index is -0.278. The molecule has 0 amide bonds. The van der Waals surface area contributed by atoms with Gasteiger partial charge in [-0.3, -0.25) is 0 Å². The average molecular weight is 236 g/mol.